The lowest BCUT2D eigenvalue weighted by Crippen LogP contribution is -2.56. The third kappa shape index (κ3) is 5.01. The number of nitrogens with one attached hydrogen (secondary N) is 1. The maximum atomic E-state index is 9.84. The van der Waals surface area contributed by atoms with Crippen LogP contribution in [0.2, 0.25) is 0 Å². The average molecular weight is 282 g/mol. The fourth-order valence-electron chi connectivity index (χ4n) is 3.39. The molecule has 0 saturated heterocycles. The molecule has 1 unspecified atom stereocenters. The van der Waals surface area contributed by atoms with Crippen LogP contribution >= 0.6 is 0 Å². The monoisotopic (exact) mass is 282 g/mol. The van der Waals surface area contributed by atoms with Crippen LogP contribution in [0.15, 0.2) is 0 Å². The van der Waals surface area contributed by atoms with Crippen LogP contribution in [0, 0.1) is 5.92 Å². The fraction of sp³-hybridized carbons (Fsp3) is 1.00. The first-order chi connectivity index (χ1) is 9.52. The van der Waals surface area contributed by atoms with Crippen LogP contribution in [0.4, 0.5) is 0 Å². The smallest absolute Gasteiger partial charge is 0.0623 e. The Morgan fingerprint density at radius 3 is 2.35 bits per heavy atom. The Labute approximate surface area is 125 Å². The van der Waals surface area contributed by atoms with E-state index in [2.05, 4.69) is 31.0 Å². The van der Waals surface area contributed by atoms with Crippen LogP contribution in [-0.2, 0) is 0 Å². The second-order valence-electron chi connectivity index (χ2n) is 7.73. The molecule has 2 rings (SSSR count). The van der Waals surface area contributed by atoms with E-state index < -0.39 is 0 Å². The van der Waals surface area contributed by atoms with Crippen molar-refractivity contribution in [3.8, 4) is 0 Å². The maximum absolute atomic E-state index is 9.84. The van der Waals surface area contributed by atoms with Crippen LogP contribution in [0.25, 0.3) is 0 Å². The summed E-state index contributed by atoms with van der Waals surface area (Å²) in [6.45, 7) is 9.24. The van der Waals surface area contributed by atoms with Crippen molar-refractivity contribution in [2.75, 3.05) is 19.7 Å². The Morgan fingerprint density at radius 2 is 1.85 bits per heavy atom. The fourth-order valence-corrected chi connectivity index (χ4v) is 3.39. The first-order valence-electron chi connectivity index (χ1n) is 8.65. The molecule has 0 aromatic rings. The van der Waals surface area contributed by atoms with Gasteiger partial charge >= 0.3 is 0 Å². The summed E-state index contributed by atoms with van der Waals surface area (Å²) in [7, 11) is 0. The Morgan fingerprint density at radius 1 is 1.20 bits per heavy atom. The summed E-state index contributed by atoms with van der Waals surface area (Å²) in [6, 6.07) is 1.41. The molecule has 0 aromatic carbocycles. The third-order valence-corrected chi connectivity index (χ3v) is 4.87. The quantitative estimate of drug-likeness (QED) is 0.682. The molecule has 2 fully saturated rings. The molecule has 0 heterocycles. The van der Waals surface area contributed by atoms with E-state index in [0.29, 0.717) is 6.04 Å². The highest BCUT2D eigenvalue weighted by Crippen LogP contribution is 2.27. The molecule has 20 heavy (non-hydrogen) atoms. The molecule has 0 bridgehead atoms. The number of hydrogen-bond donors (Lipinski definition) is 2. The second-order valence-corrected chi connectivity index (χ2v) is 7.73. The molecule has 2 N–H and O–H groups in total. The lowest BCUT2D eigenvalue weighted by molar-refractivity contribution is 0.0904. The topological polar surface area (TPSA) is 35.5 Å². The molecule has 0 aliphatic heterocycles. The number of rotatable bonds is 9. The van der Waals surface area contributed by atoms with Crippen LogP contribution < -0.4 is 5.32 Å². The van der Waals surface area contributed by atoms with Gasteiger partial charge < -0.3 is 10.4 Å². The maximum Gasteiger partial charge on any atom is 0.0623 e. The number of aliphatic hydroxyl groups is 1. The van der Waals surface area contributed by atoms with E-state index >= 15 is 0 Å². The van der Waals surface area contributed by atoms with Gasteiger partial charge in [0.25, 0.3) is 0 Å². The van der Waals surface area contributed by atoms with E-state index in [4.69, 9.17) is 0 Å². The minimum Gasteiger partial charge on any atom is -0.394 e. The second kappa shape index (κ2) is 7.24. The van der Waals surface area contributed by atoms with Crippen molar-refractivity contribution in [3.63, 3.8) is 0 Å². The Balaban J connectivity index is 1.92. The zero-order chi connectivity index (χ0) is 14.6. The molecule has 3 nitrogen and oxygen atoms in total. The summed E-state index contributed by atoms with van der Waals surface area (Å²) < 4.78 is 0. The molecule has 1 atom stereocenters. The SMILES string of the molecule is CC(C)CCN(CC(C)(CO)NC1CC1)C1CCCC1. The predicted molar refractivity (Wildman–Crippen MR) is 84.9 cm³/mol. The average Bonchev–Trinajstić information content (AvgIpc) is 3.04. The molecule has 0 spiro atoms. The van der Waals surface area contributed by atoms with Gasteiger partial charge in [0.1, 0.15) is 0 Å². The van der Waals surface area contributed by atoms with Gasteiger partial charge in [-0.15, -0.1) is 0 Å². The normalized spacial score (nSPS) is 23.7. The largest absolute Gasteiger partial charge is 0.394 e. The van der Waals surface area contributed by atoms with Crippen molar-refractivity contribution in [3.05, 3.63) is 0 Å². The van der Waals surface area contributed by atoms with Crippen LogP contribution in [-0.4, -0.2) is 47.3 Å². The first-order valence-corrected chi connectivity index (χ1v) is 8.65. The zero-order valence-electron chi connectivity index (χ0n) is 13.7. The molecule has 3 heteroatoms. The summed E-state index contributed by atoms with van der Waals surface area (Å²) in [4.78, 5) is 2.67. The zero-order valence-corrected chi connectivity index (χ0v) is 13.7. The highest BCUT2D eigenvalue weighted by molar-refractivity contribution is 4.95. The first kappa shape index (κ1) is 16.3. The summed E-state index contributed by atoms with van der Waals surface area (Å²) in [5.74, 6) is 0.760. The van der Waals surface area contributed by atoms with Crippen molar-refractivity contribution in [2.45, 2.75) is 83.3 Å². The van der Waals surface area contributed by atoms with E-state index in [1.54, 1.807) is 0 Å². The van der Waals surface area contributed by atoms with Gasteiger partial charge in [0.05, 0.1) is 12.1 Å². The van der Waals surface area contributed by atoms with Gasteiger partial charge in [-0.25, -0.2) is 0 Å². The number of aliphatic hydroxyl groups excluding tert-OH is 1. The summed E-state index contributed by atoms with van der Waals surface area (Å²) in [5, 5.41) is 13.5. The number of hydrogen-bond acceptors (Lipinski definition) is 3. The van der Waals surface area contributed by atoms with Crippen molar-refractivity contribution in [1.29, 1.82) is 0 Å². The van der Waals surface area contributed by atoms with E-state index in [-0.39, 0.29) is 12.1 Å². The van der Waals surface area contributed by atoms with Gasteiger partial charge in [-0.2, -0.15) is 0 Å². The molecular formula is C17H34N2O. The summed E-state index contributed by atoms with van der Waals surface area (Å²) in [5.41, 5.74) is -0.124. The molecule has 2 aliphatic carbocycles. The molecule has 0 radical (unpaired) electrons. The predicted octanol–water partition coefficient (Wildman–Crippen LogP) is 2.78. The van der Waals surface area contributed by atoms with Gasteiger partial charge in [0, 0.05) is 18.6 Å². The van der Waals surface area contributed by atoms with Crippen LogP contribution in [0.1, 0.15) is 65.7 Å². The van der Waals surface area contributed by atoms with Gasteiger partial charge in [-0.1, -0.05) is 26.7 Å². The lowest BCUT2D eigenvalue weighted by Gasteiger charge is -2.38. The van der Waals surface area contributed by atoms with Gasteiger partial charge in [0.15, 0.2) is 0 Å². The molecule has 118 valence electrons. The van der Waals surface area contributed by atoms with Crippen molar-refractivity contribution >= 4 is 0 Å². The van der Waals surface area contributed by atoms with Crippen molar-refractivity contribution in [1.82, 2.24) is 10.2 Å². The van der Waals surface area contributed by atoms with Crippen LogP contribution in [0.5, 0.6) is 0 Å². The minimum atomic E-state index is -0.124. The van der Waals surface area contributed by atoms with Crippen molar-refractivity contribution < 1.29 is 5.11 Å². The molecule has 2 aliphatic rings. The Hall–Kier alpha value is -0.120. The van der Waals surface area contributed by atoms with E-state index in [9.17, 15) is 5.11 Å². The molecule has 2 saturated carbocycles. The summed E-state index contributed by atoms with van der Waals surface area (Å²) >= 11 is 0. The van der Waals surface area contributed by atoms with E-state index in [1.807, 2.05) is 0 Å². The standard InChI is InChI=1S/C17H34N2O/c1-14(2)10-11-19(16-6-4-5-7-16)12-17(3,13-20)18-15-8-9-15/h14-16,18,20H,4-13H2,1-3H3. The van der Waals surface area contributed by atoms with E-state index in [0.717, 1.165) is 18.5 Å². The molecule has 0 aromatic heterocycles. The highest BCUT2D eigenvalue weighted by Gasteiger charge is 2.35. The van der Waals surface area contributed by atoms with Crippen LogP contribution in [0.3, 0.4) is 0 Å². The summed E-state index contributed by atoms with van der Waals surface area (Å²) in [6.07, 6.45) is 9.30. The highest BCUT2D eigenvalue weighted by atomic mass is 16.3. The molecule has 0 amide bonds. The van der Waals surface area contributed by atoms with Gasteiger partial charge in [-0.3, -0.25) is 4.90 Å². The van der Waals surface area contributed by atoms with Gasteiger partial charge in [-0.05, 0) is 51.5 Å². The minimum absolute atomic E-state index is 0.124. The van der Waals surface area contributed by atoms with Crippen molar-refractivity contribution in [2.24, 2.45) is 5.92 Å². The third-order valence-electron chi connectivity index (χ3n) is 4.87. The molecular weight excluding hydrogens is 248 g/mol. The Bertz CT molecular complexity index is 285. The van der Waals surface area contributed by atoms with E-state index in [1.165, 1.54) is 51.5 Å². The van der Waals surface area contributed by atoms with Gasteiger partial charge in [0.2, 0.25) is 0 Å². The number of nitrogens with zero attached hydrogens (tertiary/aromatic N) is 1. The lowest BCUT2D eigenvalue weighted by atomic mass is 10.00. The Kier molecular flexibility index (Phi) is 5.88.